The number of anilines is 1. The van der Waals surface area contributed by atoms with Gasteiger partial charge in [-0.1, -0.05) is 6.07 Å². The highest BCUT2D eigenvalue weighted by molar-refractivity contribution is 5.57. The van der Waals surface area contributed by atoms with Crippen molar-refractivity contribution in [3.63, 3.8) is 0 Å². The first kappa shape index (κ1) is 13.4. The van der Waals surface area contributed by atoms with Gasteiger partial charge in [-0.05, 0) is 43.9 Å². The van der Waals surface area contributed by atoms with Crippen molar-refractivity contribution in [2.75, 3.05) is 18.5 Å². The van der Waals surface area contributed by atoms with E-state index >= 15 is 0 Å². The lowest BCUT2D eigenvalue weighted by molar-refractivity contribution is -0.0512. The van der Waals surface area contributed by atoms with Gasteiger partial charge in [0.2, 0.25) is 0 Å². The molecule has 1 aromatic rings. The highest BCUT2D eigenvalue weighted by atomic mass is 16.5. The molecule has 0 aromatic heterocycles. The minimum Gasteiger partial charge on any atom is -0.382 e. The van der Waals surface area contributed by atoms with Crippen molar-refractivity contribution >= 4 is 5.69 Å². The zero-order chi connectivity index (χ0) is 13.7. The molecule has 4 nitrogen and oxygen atoms in total. The molecule has 0 heterocycles. The molecule has 98 valence electrons. The van der Waals surface area contributed by atoms with Crippen LogP contribution in [0, 0.1) is 29.6 Å². The molecule has 0 aliphatic heterocycles. The first-order valence-corrected chi connectivity index (χ1v) is 6.49. The third-order valence-corrected chi connectivity index (χ3v) is 3.62. The molecule has 0 unspecified atom stereocenters. The normalized spacial score (nSPS) is 15.9. The number of nitriles is 2. The molecule has 4 heteroatoms. The second-order valence-electron chi connectivity index (χ2n) is 4.82. The summed E-state index contributed by atoms with van der Waals surface area (Å²) in [7, 11) is 0. The van der Waals surface area contributed by atoms with E-state index in [1.807, 2.05) is 19.1 Å². The standard InChI is InChI=1S/C15H17N3O/c1-12-13(10-16)4-2-5-14(12)18-8-9-19-15(11-17)6-3-7-15/h2,4-5,18H,3,6-9H2,1H3. The maximum atomic E-state index is 9.03. The van der Waals surface area contributed by atoms with Crippen molar-refractivity contribution < 1.29 is 4.74 Å². The van der Waals surface area contributed by atoms with Crippen LogP contribution in [0.4, 0.5) is 5.69 Å². The first-order chi connectivity index (χ1) is 9.21. The summed E-state index contributed by atoms with van der Waals surface area (Å²) < 4.78 is 5.64. The minimum atomic E-state index is -0.536. The number of nitrogens with one attached hydrogen (secondary N) is 1. The van der Waals surface area contributed by atoms with Gasteiger partial charge in [-0.2, -0.15) is 10.5 Å². The van der Waals surface area contributed by atoms with Gasteiger partial charge in [0, 0.05) is 12.2 Å². The van der Waals surface area contributed by atoms with Crippen LogP contribution < -0.4 is 5.32 Å². The maximum Gasteiger partial charge on any atom is 0.154 e. The molecule has 1 N–H and O–H groups in total. The van der Waals surface area contributed by atoms with Crippen molar-refractivity contribution in [3.05, 3.63) is 29.3 Å². The van der Waals surface area contributed by atoms with Gasteiger partial charge in [0.25, 0.3) is 0 Å². The Labute approximate surface area is 113 Å². The van der Waals surface area contributed by atoms with Crippen LogP contribution >= 0.6 is 0 Å². The molecule has 0 bridgehead atoms. The molecule has 0 amide bonds. The van der Waals surface area contributed by atoms with Gasteiger partial charge in [-0.3, -0.25) is 0 Å². The van der Waals surface area contributed by atoms with Crippen molar-refractivity contribution in [2.45, 2.75) is 31.8 Å². The summed E-state index contributed by atoms with van der Waals surface area (Å²) in [5.74, 6) is 0. The number of ether oxygens (including phenoxy) is 1. The zero-order valence-electron chi connectivity index (χ0n) is 11.1. The predicted octanol–water partition coefficient (Wildman–Crippen LogP) is 2.74. The molecule has 0 atom stereocenters. The van der Waals surface area contributed by atoms with E-state index in [2.05, 4.69) is 17.5 Å². The van der Waals surface area contributed by atoms with Gasteiger partial charge in [0.05, 0.1) is 24.3 Å². The van der Waals surface area contributed by atoms with Crippen LogP contribution in [0.25, 0.3) is 0 Å². The molecule has 1 fully saturated rings. The Balaban J connectivity index is 1.84. The average molecular weight is 255 g/mol. The molecule has 0 saturated heterocycles. The Bertz CT molecular complexity index is 535. The molecular formula is C15H17N3O. The summed E-state index contributed by atoms with van der Waals surface area (Å²) in [5, 5.41) is 21.2. The number of benzene rings is 1. The van der Waals surface area contributed by atoms with Crippen LogP contribution in [0.2, 0.25) is 0 Å². The molecule has 2 rings (SSSR count). The summed E-state index contributed by atoms with van der Waals surface area (Å²) in [4.78, 5) is 0. The molecule has 1 aliphatic carbocycles. The number of hydrogen-bond acceptors (Lipinski definition) is 4. The van der Waals surface area contributed by atoms with Crippen LogP contribution in [0.5, 0.6) is 0 Å². The quantitative estimate of drug-likeness (QED) is 0.821. The van der Waals surface area contributed by atoms with E-state index < -0.39 is 5.60 Å². The van der Waals surface area contributed by atoms with Gasteiger partial charge in [-0.25, -0.2) is 0 Å². The van der Waals surface area contributed by atoms with Crippen molar-refractivity contribution in [2.24, 2.45) is 0 Å². The lowest BCUT2D eigenvalue weighted by Crippen LogP contribution is -2.39. The Morgan fingerprint density at radius 1 is 1.37 bits per heavy atom. The first-order valence-electron chi connectivity index (χ1n) is 6.49. The van der Waals surface area contributed by atoms with Crippen LogP contribution in [-0.4, -0.2) is 18.8 Å². The topological polar surface area (TPSA) is 68.8 Å². The molecule has 0 radical (unpaired) electrons. The fourth-order valence-electron chi connectivity index (χ4n) is 2.17. The summed E-state index contributed by atoms with van der Waals surface area (Å²) >= 11 is 0. The minimum absolute atomic E-state index is 0.504. The van der Waals surface area contributed by atoms with Crippen molar-refractivity contribution in [1.82, 2.24) is 0 Å². The van der Waals surface area contributed by atoms with E-state index in [1.165, 1.54) is 0 Å². The Morgan fingerprint density at radius 2 is 2.16 bits per heavy atom. The largest absolute Gasteiger partial charge is 0.382 e. The highest BCUT2D eigenvalue weighted by Crippen LogP contribution is 2.34. The lowest BCUT2D eigenvalue weighted by Gasteiger charge is -2.34. The fraction of sp³-hybridized carbons (Fsp3) is 0.467. The predicted molar refractivity (Wildman–Crippen MR) is 72.5 cm³/mol. The third-order valence-electron chi connectivity index (χ3n) is 3.62. The number of rotatable bonds is 5. The molecule has 1 aliphatic rings. The van der Waals surface area contributed by atoms with Gasteiger partial charge < -0.3 is 10.1 Å². The highest BCUT2D eigenvalue weighted by Gasteiger charge is 2.37. The van der Waals surface area contributed by atoms with Gasteiger partial charge in [0.15, 0.2) is 5.60 Å². The van der Waals surface area contributed by atoms with E-state index in [0.29, 0.717) is 18.7 Å². The Hall–Kier alpha value is -2.04. The number of nitrogens with zero attached hydrogens (tertiary/aromatic N) is 2. The van der Waals surface area contributed by atoms with Crippen LogP contribution in [0.1, 0.15) is 30.4 Å². The van der Waals surface area contributed by atoms with Crippen molar-refractivity contribution in [1.29, 1.82) is 10.5 Å². The maximum absolute atomic E-state index is 9.03. The summed E-state index contributed by atoms with van der Waals surface area (Å²) in [6, 6.07) is 10.0. The molecular weight excluding hydrogens is 238 g/mol. The molecule has 19 heavy (non-hydrogen) atoms. The van der Waals surface area contributed by atoms with E-state index in [1.54, 1.807) is 6.07 Å². The van der Waals surface area contributed by atoms with Crippen LogP contribution in [0.3, 0.4) is 0 Å². The number of hydrogen-bond donors (Lipinski definition) is 1. The molecule has 1 saturated carbocycles. The van der Waals surface area contributed by atoms with Crippen LogP contribution in [0.15, 0.2) is 18.2 Å². The van der Waals surface area contributed by atoms with Crippen molar-refractivity contribution in [3.8, 4) is 12.1 Å². The third kappa shape index (κ3) is 2.86. The Morgan fingerprint density at radius 3 is 2.74 bits per heavy atom. The van der Waals surface area contributed by atoms with E-state index in [-0.39, 0.29) is 0 Å². The monoisotopic (exact) mass is 255 g/mol. The van der Waals surface area contributed by atoms with E-state index in [4.69, 9.17) is 15.3 Å². The van der Waals surface area contributed by atoms with Gasteiger partial charge in [0.1, 0.15) is 0 Å². The Kier molecular flexibility index (Phi) is 4.04. The van der Waals surface area contributed by atoms with E-state index in [0.717, 1.165) is 30.5 Å². The SMILES string of the molecule is Cc1c(C#N)cccc1NCCOC1(C#N)CCC1. The summed E-state index contributed by atoms with van der Waals surface area (Å²) in [5.41, 5.74) is 2.04. The second kappa shape index (κ2) is 5.73. The van der Waals surface area contributed by atoms with Gasteiger partial charge >= 0.3 is 0 Å². The summed E-state index contributed by atoms with van der Waals surface area (Å²) in [6.07, 6.45) is 2.75. The smallest absolute Gasteiger partial charge is 0.154 e. The average Bonchev–Trinajstić information content (AvgIpc) is 2.39. The van der Waals surface area contributed by atoms with Gasteiger partial charge in [-0.15, -0.1) is 0 Å². The lowest BCUT2D eigenvalue weighted by atomic mass is 9.81. The summed E-state index contributed by atoms with van der Waals surface area (Å²) in [6.45, 7) is 3.06. The second-order valence-corrected chi connectivity index (χ2v) is 4.82. The molecule has 0 spiro atoms. The molecule has 1 aromatic carbocycles. The zero-order valence-corrected chi connectivity index (χ0v) is 11.1. The fourth-order valence-corrected chi connectivity index (χ4v) is 2.17. The van der Waals surface area contributed by atoms with Crippen LogP contribution in [-0.2, 0) is 4.74 Å². The van der Waals surface area contributed by atoms with E-state index in [9.17, 15) is 0 Å².